The van der Waals surface area contributed by atoms with Crippen LogP contribution in [-0.4, -0.2) is 28.3 Å². The number of hydrogen-bond donors (Lipinski definition) is 2. The van der Waals surface area contributed by atoms with Crippen LogP contribution in [-0.2, 0) is 19.9 Å². The normalized spacial score (nSPS) is 12.7. The van der Waals surface area contributed by atoms with Gasteiger partial charge in [0, 0.05) is 9.86 Å². The number of aryl methyl sites for hydroxylation is 1. The Bertz CT molecular complexity index is 1590. The van der Waals surface area contributed by atoms with Crippen molar-refractivity contribution in [1.82, 2.24) is 0 Å². The molecule has 1 heterocycles. The highest BCUT2D eigenvalue weighted by Gasteiger charge is 2.22. The topological polar surface area (TPSA) is 132 Å². The molecule has 0 radical (unpaired) electrons. The highest BCUT2D eigenvalue weighted by atomic mass is 79.9. The van der Waals surface area contributed by atoms with Gasteiger partial charge < -0.3 is 4.42 Å². The zero-order valence-corrected chi connectivity index (χ0v) is 21.1. The van der Waals surface area contributed by atoms with Crippen LogP contribution in [0.3, 0.4) is 0 Å². The number of sulfone groups is 1. The number of fused-ring (bicyclic) bond motifs is 1. The van der Waals surface area contributed by atoms with Crippen molar-refractivity contribution < 1.29 is 21.3 Å². The summed E-state index contributed by atoms with van der Waals surface area (Å²) in [5, 5.41) is 10.2. The zero-order valence-electron chi connectivity index (χ0n) is 17.9. The van der Waals surface area contributed by atoms with E-state index in [1.807, 2.05) is 19.1 Å². The van der Waals surface area contributed by atoms with Crippen LogP contribution in [0, 0.1) is 6.92 Å². The number of anilines is 1. The number of nitrogens with two attached hydrogens (primary N) is 1. The lowest BCUT2D eigenvalue weighted by atomic mass is 10.2. The fourth-order valence-corrected chi connectivity index (χ4v) is 5.35. The van der Waals surface area contributed by atoms with Crippen LogP contribution in [0.5, 0.6) is 0 Å². The molecule has 0 spiro atoms. The summed E-state index contributed by atoms with van der Waals surface area (Å²) < 4.78 is 55.9. The number of furan rings is 1. The summed E-state index contributed by atoms with van der Waals surface area (Å²) in [4.78, 5) is 0.120. The summed E-state index contributed by atoms with van der Waals surface area (Å²) in [7, 11) is -7.57. The van der Waals surface area contributed by atoms with Gasteiger partial charge >= 0.3 is 0 Å². The van der Waals surface area contributed by atoms with Gasteiger partial charge in [-0.1, -0.05) is 33.6 Å². The first kappa shape index (κ1) is 24.1. The van der Waals surface area contributed by atoms with Crippen molar-refractivity contribution in [2.75, 3.05) is 11.2 Å². The van der Waals surface area contributed by atoms with Gasteiger partial charge in [0.1, 0.15) is 17.0 Å². The summed E-state index contributed by atoms with van der Waals surface area (Å²) >= 11 is 3.41. The number of benzene rings is 3. The van der Waals surface area contributed by atoms with E-state index in [-0.39, 0.29) is 21.3 Å². The van der Waals surface area contributed by atoms with E-state index in [9.17, 15) is 16.8 Å². The molecule has 0 aliphatic heterocycles. The van der Waals surface area contributed by atoms with E-state index in [2.05, 4.69) is 26.5 Å². The maximum Gasteiger partial charge on any atom is 0.238 e. The van der Waals surface area contributed by atoms with Gasteiger partial charge in [0.15, 0.2) is 15.6 Å². The Labute approximate surface area is 205 Å². The number of hydrogen-bond acceptors (Lipinski definition) is 7. The molecule has 0 saturated carbocycles. The lowest BCUT2D eigenvalue weighted by molar-refractivity contribution is 0.594. The first-order chi connectivity index (χ1) is 16.0. The van der Waals surface area contributed by atoms with Gasteiger partial charge in [-0.3, -0.25) is 5.43 Å². The minimum Gasteiger partial charge on any atom is -0.455 e. The predicted octanol–water partition coefficient (Wildman–Crippen LogP) is 4.44. The Morgan fingerprint density at radius 3 is 2.24 bits per heavy atom. The lowest BCUT2D eigenvalue weighted by Crippen LogP contribution is -2.18. The summed E-state index contributed by atoms with van der Waals surface area (Å²) in [6.45, 7) is 1.88. The van der Waals surface area contributed by atoms with Crippen LogP contribution in [0.1, 0.15) is 11.3 Å². The SMILES string of the molecule is Cc1ccc(S(=O)(=O)C/C(=N\Nc2ccc(S(N)(=O)=O)cc2)c2cc3cc(Br)ccc3o2)cc1. The standard InChI is InChI=1S/C23H20BrN3O5S2/c1-15-2-7-19(8-3-15)33(28,29)14-21(23-13-16-12-17(24)4-11-22(16)32-23)27-26-18-5-9-20(10-6-18)34(25,30)31/h2-13,26H,14H2,1H3,(H2,25,30,31)/b27-21+. The molecule has 0 aliphatic rings. The van der Waals surface area contributed by atoms with Crippen molar-refractivity contribution in [2.45, 2.75) is 16.7 Å². The Morgan fingerprint density at radius 2 is 1.59 bits per heavy atom. The summed E-state index contributed by atoms with van der Waals surface area (Å²) in [5.74, 6) is -0.128. The number of primary sulfonamides is 1. The molecule has 0 amide bonds. The second-order valence-corrected chi connectivity index (χ2v) is 12.1. The van der Waals surface area contributed by atoms with Crippen LogP contribution in [0.15, 0.2) is 96.6 Å². The van der Waals surface area contributed by atoms with Gasteiger partial charge in [0.05, 0.1) is 15.5 Å². The van der Waals surface area contributed by atoms with Gasteiger partial charge in [0.25, 0.3) is 0 Å². The third kappa shape index (κ3) is 5.55. The monoisotopic (exact) mass is 561 g/mol. The van der Waals surface area contributed by atoms with E-state index in [0.29, 0.717) is 11.3 Å². The Hall–Kier alpha value is -2.99. The zero-order chi connectivity index (χ0) is 24.5. The molecule has 11 heteroatoms. The Kier molecular flexibility index (Phi) is 6.63. The third-order valence-electron chi connectivity index (χ3n) is 4.97. The summed E-state index contributed by atoms with van der Waals surface area (Å²) in [5.41, 5.74) is 4.90. The highest BCUT2D eigenvalue weighted by molar-refractivity contribution is 9.10. The molecule has 4 aromatic rings. The van der Waals surface area contributed by atoms with Gasteiger partial charge in [-0.05, 0) is 67.6 Å². The third-order valence-corrected chi connectivity index (χ3v) is 8.04. The van der Waals surface area contributed by atoms with Gasteiger partial charge in [0.2, 0.25) is 10.0 Å². The molecular formula is C23H20BrN3O5S2. The Balaban J connectivity index is 1.71. The van der Waals surface area contributed by atoms with Crippen molar-refractivity contribution >= 4 is 58.2 Å². The fraction of sp³-hybridized carbons (Fsp3) is 0.0870. The quantitative estimate of drug-likeness (QED) is 0.253. The summed E-state index contributed by atoms with van der Waals surface area (Å²) in [6.07, 6.45) is 0. The molecule has 0 bridgehead atoms. The molecule has 0 fully saturated rings. The van der Waals surface area contributed by atoms with Crippen molar-refractivity contribution in [3.8, 4) is 0 Å². The van der Waals surface area contributed by atoms with E-state index < -0.39 is 25.6 Å². The molecule has 34 heavy (non-hydrogen) atoms. The first-order valence-corrected chi connectivity index (χ1v) is 13.9. The minimum atomic E-state index is -3.83. The van der Waals surface area contributed by atoms with Crippen LogP contribution < -0.4 is 10.6 Å². The van der Waals surface area contributed by atoms with Gasteiger partial charge in [-0.25, -0.2) is 22.0 Å². The molecule has 3 N–H and O–H groups in total. The van der Waals surface area contributed by atoms with Gasteiger partial charge in [-0.2, -0.15) is 5.10 Å². The molecule has 176 valence electrons. The number of rotatable bonds is 7. The maximum absolute atomic E-state index is 13.1. The second-order valence-electron chi connectivity index (χ2n) is 7.60. The molecule has 0 aliphatic carbocycles. The van der Waals surface area contributed by atoms with E-state index >= 15 is 0 Å². The van der Waals surface area contributed by atoms with E-state index in [1.54, 1.807) is 36.4 Å². The van der Waals surface area contributed by atoms with Crippen molar-refractivity contribution in [2.24, 2.45) is 10.2 Å². The molecule has 4 rings (SSSR count). The number of nitrogens with zero attached hydrogens (tertiary/aromatic N) is 1. The second kappa shape index (κ2) is 9.34. The number of nitrogens with one attached hydrogen (secondary N) is 1. The van der Waals surface area contributed by atoms with Crippen LogP contribution >= 0.6 is 15.9 Å². The number of halogens is 1. The lowest BCUT2D eigenvalue weighted by Gasteiger charge is -2.08. The van der Waals surface area contributed by atoms with Crippen LogP contribution in [0.25, 0.3) is 11.0 Å². The average molecular weight is 562 g/mol. The number of sulfonamides is 1. The smallest absolute Gasteiger partial charge is 0.238 e. The van der Waals surface area contributed by atoms with Crippen LogP contribution in [0.4, 0.5) is 5.69 Å². The Morgan fingerprint density at radius 1 is 0.941 bits per heavy atom. The van der Waals surface area contributed by atoms with Crippen molar-refractivity contribution in [3.05, 3.63) is 88.6 Å². The van der Waals surface area contributed by atoms with E-state index in [0.717, 1.165) is 15.4 Å². The van der Waals surface area contributed by atoms with Crippen molar-refractivity contribution in [3.63, 3.8) is 0 Å². The van der Waals surface area contributed by atoms with Crippen LogP contribution in [0.2, 0.25) is 0 Å². The molecule has 8 nitrogen and oxygen atoms in total. The fourth-order valence-electron chi connectivity index (χ4n) is 3.18. The first-order valence-electron chi connectivity index (χ1n) is 9.96. The number of hydrazone groups is 1. The minimum absolute atomic E-state index is 0.0490. The predicted molar refractivity (Wildman–Crippen MR) is 135 cm³/mol. The molecule has 0 atom stereocenters. The highest BCUT2D eigenvalue weighted by Crippen LogP contribution is 2.25. The molecule has 1 aromatic heterocycles. The summed E-state index contributed by atoms with van der Waals surface area (Å²) in [6, 6.07) is 19.3. The molecule has 0 saturated heterocycles. The van der Waals surface area contributed by atoms with Crippen molar-refractivity contribution in [1.29, 1.82) is 0 Å². The molecule has 0 unspecified atom stereocenters. The van der Waals surface area contributed by atoms with E-state index in [4.69, 9.17) is 9.56 Å². The largest absolute Gasteiger partial charge is 0.455 e. The average Bonchev–Trinajstić information content (AvgIpc) is 3.19. The maximum atomic E-state index is 13.1. The van der Waals surface area contributed by atoms with Gasteiger partial charge in [-0.15, -0.1) is 0 Å². The molecule has 3 aromatic carbocycles. The molecular weight excluding hydrogens is 542 g/mol. The van der Waals surface area contributed by atoms with E-state index in [1.165, 1.54) is 24.3 Å².